The average Bonchev–Trinajstić information content (AvgIpc) is 3.36. The third-order valence-corrected chi connectivity index (χ3v) is 6.45. The van der Waals surface area contributed by atoms with E-state index in [2.05, 4.69) is 41.1 Å². The zero-order valence-electron chi connectivity index (χ0n) is 20.0. The number of benzene rings is 2. The molecule has 0 spiro atoms. The fourth-order valence-corrected chi connectivity index (χ4v) is 4.51. The Hall–Kier alpha value is -3.97. The van der Waals surface area contributed by atoms with Crippen molar-refractivity contribution in [3.05, 3.63) is 96.3 Å². The predicted molar refractivity (Wildman–Crippen MR) is 136 cm³/mol. The second-order valence-electron chi connectivity index (χ2n) is 8.81. The highest BCUT2D eigenvalue weighted by molar-refractivity contribution is 5.93. The van der Waals surface area contributed by atoms with Crippen LogP contribution in [0.15, 0.2) is 85.1 Å². The molecular formula is C28H29N5O2. The number of carbonyl (C=O) groups excluding carboxylic acids is 1. The van der Waals surface area contributed by atoms with E-state index < -0.39 is 0 Å². The Labute approximate surface area is 205 Å². The maximum atomic E-state index is 13.5. The molecule has 2 aromatic carbocycles. The fraction of sp³-hybridized carbons (Fsp3) is 0.250. The van der Waals surface area contributed by atoms with Crippen LogP contribution in [-0.4, -0.2) is 63.3 Å². The van der Waals surface area contributed by atoms with Crippen LogP contribution in [0.4, 0.5) is 0 Å². The van der Waals surface area contributed by atoms with Gasteiger partial charge >= 0.3 is 0 Å². The predicted octanol–water partition coefficient (Wildman–Crippen LogP) is 4.29. The summed E-state index contributed by atoms with van der Waals surface area (Å²) in [4.78, 5) is 22.2. The van der Waals surface area contributed by atoms with Gasteiger partial charge in [-0.1, -0.05) is 60.7 Å². The van der Waals surface area contributed by atoms with Gasteiger partial charge in [0.05, 0.1) is 24.7 Å². The van der Waals surface area contributed by atoms with E-state index in [1.54, 1.807) is 24.1 Å². The molecule has 35 heavy (non-hydrogen) atoms. The number of ether oxygens (including phenoxy) is 1. The lowest BCUT2D eigenvalue weighted by atomic mass is 10.1. The van der Waals surface area contributed by atoms with Crippen molar-refractivity contribution in [2.75, 3.05) is 26.7 Å². The molecule has 0 N–H and O–H groups in total. The van der Waals surface area contributed by atoms with Gasteiger partial charge in [-0.25, -0.2) is 9.67 Å². The number of piperazine rings is 1. The van der Waals surface area contributed by atoms with E-state index in [4.69, 9.17) is 9.84 Å². The molecule has 0 aliphatic carbocycles. The van der Waals surface area contributed by atoms with Crippen LogP contribution in [0.5, 0.6) is 5.88 Å². The Kier molecular flexibility index (Phi) is 6.59. The van der Waals surface area contributed by atoms with Gasteiger partial charge in [0.15, 0.2) is 5.69 Å². The minimum atomic E-state index is -0.0476. The lowest BCUT2D eigenvalue weighted by Crippen LogP contribution is -2.53. The number of rotatable bonds is 6. The summed E-state index contributed by atoms with van der Waals surface area (Å²) in [7, 11) is 1.59. The van der Waals surface area contributed by atoms with Crippen LogP contribution in [0, 0.1) is 0 Å². The molecule has 0 radical (unpaired) electrons. The molecule has 1 amide bonds. The molecular weight excluding hydrogens is 438 g/mol. The van der Waals surface area contributed by atoms with Gasteiger partial charge in [-0.15, -0.1) is 0 Å². The van der Waals surface area contributed by atoms with Crippen LogP contribution in [-0.2, 0) is 6.54 Å². The van der Waals surface area contributed by atoms with Gasteiger partial charge in [0.25, 0.3) is 5.91 Å². The van der Waals surface area contributed by atoms with Crippen molar-refractivity contribution in [3.8, 4) is 22.8 Å². The topological polar surface area (TPSA) is 63.5 Å². The van der Waals surface area contributed by atoms with Gasteiger partial charge in [0.2, 0.25) is 5.88 Å². The minimum absolute atomic E-state index is 0.0476. The molecule has 1 saturated heterocycles. The third-order valence-electron chi connectivity index (χ3n) is 6.45. The summed E-state index contributed by atoms with van der Waals surface area (Å²) in [5.74, 6) is 0.481. The second kappa shape index (κ2) is 10.1. The summed E-state index contributed by atoms with van der Waals surface area (Å²) in [5.41, 5.74) is 4.32. The van der Waals surface area contributed by atoms with Crippen molar-refractivity contribution in [1.82, 2.24) is 24.6 Å². The monoisotopic (exact) mass is 467 g/mol. The quantitative estimate of drug-likeness (QED) is 0.423. The average molecular weight is 468 g/mol. The number of amides is 1. The lowest BCUT2D eigenvalue weighted by molar-refractivity contribution is 0.0490. The van der Waals surface area contributed by atoms with Gasteiger partial charge < -0.3 is 9.64 Å². The van der Waals surface area contributed by atoms with E-state index in [0.29, 0.717) is 24.7 Å². The Balaban J connectivity index is 1.38. The maximum Gasteiger partial charge on any atom is 0.274 e. The number of hydrogen-bond donors (Lipinski definition) is 0. The molecule has 1 unspecified atom stereocenters. The normalized spacial score (nSPS) is 16.3. The van der Waals surface area contributed by atoms with Crippen molar-refractivity contribution in [3.63, 3.8) is 0 Å². The van der Waals surface area contributed by atoms with Gasteiger partial charge in [-0.2, -0.15) is 5.10 Å². The minimum Gasteiger partial charge on any atom is -0.481 e. The van der Waals surface area contributed by atoms with E-state index in [1.165, 1.54) is 5.56 Å². The SMILES string of the molecule is COc1ccc(-n2nc(C(=O)N3CCN(Cc4ccccc4)C(C)C3)cc2-c2ccccc2)cn1. The van der Waals surface area contributed by atoms with Crippen molar-refractivity contribution < 1.29 is 9.53 Å². The zero-order valence-corrected chi connectivity index (χ0v) is 20.0. The van der Waals surface area contributed by atoms with Crippen LogP contribution in [0.1, 0.15) is 23.0 Å². The molecule has 1 aliphatic heterocycles. The molecule has 178 valence electrons. The summed E-state index contributed by atoms with van der Waals surface area (Å²) >= 11 is 0. The molecule has 2 aromatic heterocycles. The van der Waals surface area contributed by atoms with Crippen LogP contribution in [0.25, 0.3) is 16.9 Å². The number of nitrogens with zero attached hydrogens (tertiary/aromatic N) is 5. The number of aromatic nitrogens is 3. The molecule has 3 heterocycles. The van der Waals surface area contributed by atoms with Crippen LogP contribution >= 0.6 is 0 Å². The van der Waals surface area contributed by atoms with Crippen molar-refractivity contribution >= 4 is 5.91 Å². The van der Waals surface area contributed by atoms with Crippen molar-refractivity contribution in [1.29, 1.82) is 0 Å². The first kappa shape index (κ1) is 22.8. The van der Waals surface area contributed by atoms with Gasteiger partial charge in [0.1, 0.15) is 0 Å². The van der Waals surface area contributed by atoms with Gasteiger partial charge in [-0.05, 0) is 24.6 Å². The van der Waals surface area contributed by atoms with E-state index >= 15 is 0 Å². The fourth-order valence-electron chi connectivity index (χ4n) is 4.51. The highest BCUT2D eigenvalue weighted by Gasteiger charge is 2.29. The molecule has 0 saturated carbocycles. The van der Waals surface area contributed by atoms with E-state index in [0.717, 1.165) is 30.0 Å². The molecule has 0 bridgehead atoms. The van der Waals surface area contributed by atoms with Crippen LogP contribution in [0.3, 0.4) is 0 Å². The largest absolute Gasteiger partial charge is 0.481 e. The highest BCUT2D eigenvalue weighted by Crippen LogP contribution is 2.25. The molecule has 7 heteroatoms. The Morgan fingerprint density at radius 1 is 1.00 bits per heavy atom. The smallest absolute Gasteiger partial charge is 0.274 e. The lowest BCUT2D eigenvalue weighted by Gasteiger charge is -2.39. The molecule has 7 nitrogen and oxygen atoms in total. The number of pyridine rings is 1. The summed E-state index contributed by atoms with van der Waals surface area (Å²) < 4.78 is 6.98. The molecule has 1 fully saturated rings. The second-order valence-corrected chi connectivity index (χ2v) is 8.81. The Morgan fingerprint density at radius 3 is 2.40 bits per heavy atom. The van der Waals surface area contributed by atoms with E-state index in [9.17, 15) is 4.79 Å². The summed E-state index contributed by atoms with van der Waals surface area (Å²) in [6.45, 7) is 5.24. The molecule has 5 rings (SSSR count). The molecule has 4 aromatic rings. The summed E-state index contributed by atoms with van der Waals surface area (Å²) in [5, 5.41) is 4.73. The number of carbonyl (C=O) groups is 1. The number of methoxy groups -OCH3 is 1. The summed E-state index contributed by atoms with van der Waals surface area (Å²) in [6.07, 6.45) is 1.71. The number of hydrogen-bond acceptors (Lipinski definition) is 5. The first-order chi connectivity index (χ1) is 17.1. The molecule has 1 atom stereocenters. The van der Waals surface area contributed by atoms with E-state index in [-0.39, 0.29) is 11.9 Å². The standard InChI is InChI=1S/C28H29N5O2/c1-21-19-32(16-15-31(21)20-22-9-5-3-6-10-22)28(34)25-17-26(23-11-7-4-8-12-23)33(30-25)24-13-14-27(35-2)29-18-24/h3-14,17-18,21H,15-16,19-20H2,1-2H3. The Bertz CT molecular complexity index is 1270. The van der Waals surface area contributed by atoms with Crippen molar-refractivity contribution in [2.24, 2.45) is 0 Å². The first-order valence-corrected chi connectivity index (χ1v) is 11.9. The van der Waals surface area contributed by atoms with Crippen LogP contribution in [0.2, 0.25) is 0 Å². The third kappa shape index (κ3) is 4.95. The first-order valence-electron chi connectivity index (χ1n) is 11.9. The van der Waals surface area contributed by atoms with Gasteiger partial charge in [0, 0.05) is 43.9 Å². The molecule has 1 aliphatic rings. The Morgan fingerprint density at radius 2 is 1.74 bits per heavy atom. The maximum absolute atomic E-state index is 13.5. The van der Waals surface area contributed by atoms with Crippen molar-refractivity contribution in [2.45, 2.75) is 19.5 Å². The van der Waals surface area contributed by atoms with Gasteiger partial charge in [-0.3, -0.25) is 9.69 Å². The zero-order chi connectivity index (χ0) is 24.2. The van der Waals surface area contributed by atoms with Crippen LogP contribution < -0.4 is 4.74 Å². The summed E-state index contributed by atoms with van der Waals surface area (Å²) in [6, 6.07) is 26.3. The van der Waals surface area contributed by atoms with E-state index in [1.807, 2.05) is 53.4 Å². The highest BCUT2D eigenvalue weighted by atomic mass is 16.5.